The van der Waals surface area contributed by atoms with E-state index in [-0.39, 0.29) is 17.9 Å². The number of anilines is 1. The molecule has 1 aromatic rings. The number of rotatable bonds is 7. The minimum absolute atomic E-state index is 0.136. The summed E-state index contributed by atoms with van der Waals surface area (Å²) in [6, 6.07) is 5.72. The number of ether oxygens (including phenoxy) is 1. The first-order chi connectivity index (χ1) is 9.01. The number of hydrogen-bond donors (Lipinski definition) is 1. The predicted molar refractivity (Wildman–Crippen MR) is 78.2 cm³/mol. The van der Waals surface area contributed by atoms with Gasteiger partial charge in [0.1, 0.15) is 5.82 Å². The van der Waals surface area contributed by atoms with Crippen molar-refractivity contribution in [2.45, 2.75) is 32.9 Å². The third-order valence-corrected chi connectivity index (χ3v) is 3.43. The van der Waals surface area contributed by atoms with Crippen LogP contribution in [0.25, 0.3) is 0 Å². The molecule has 0 saturated carbocycles. The molecule has 0 bridgehead atoms. The Labute approximate surface area is 115 Å². The van der Waals surface area contributed by atoms with E-state index in [4.69, 9.17) is 4.74 Å². The van der Waals surface area contributed by atoms with E-state index in [2.05, 4.69) is 5.32 Å². The van der Waals surface area contributed by atoms with Gasteiger partial charge in [0.15, 0.2) is 0 Å². The molecule has 0 aliphatic carbocycles. The molecule has 0 amide bonds. The monoisotopic (exact) mass is 268 g/mol. The Morgan fingerprint density at radius 3 is 2.58 bits per heavy atom. The van der Waals surface area contributed by atoms with Crippen LogP contribution in [-0.2, 0) is 4.74 Å². The van der Waals surface area contributed by atoms with Gasteiger partial charge in [0.2, 0.25) is 0 Å². The standard InChI is InChI=1S/C15H25FN2O/c1-6-17-12(3)13-7-8-15(14(16)9-13)18(4)11(2)10-19-5/h7-9,11-12,17H,6,10H2,1-5H3. The fourth-order valence-electron chi connectivity index (χ4n) is 2.09. The summed E-state index contributed by atoms with van der Waals surface area (Å²) in [6.45, 7) is 7.54. The summed E-state index contributed by atoms with van der Waals surface area (Å²) in [5, 5.41) is 3.28. The van der Waals surface area contributed by atoms with Crippen molar-refractivity contribution >= 4 is 5.69 Å². The predicted octanol–water partition coefficient (Wildman–Crippen LogP) is 2.97. The van der Waals surface area contributed by atoms with Gasteiger partial charge in [-0.15, -0.1) is 0 Å². The van der Waals surface area contributed by atoms with Crippen molar-refractivity contribution in [2.24, 2.45) is 0 Å². The van der Waals surface area contributed by atoms with Crippen LogP contribution in [0.2, 0.25) is 0 Å². The molecule has 0 radical (unpaired) electrons. The molecule has 0 aliphatic rings. The number of benzene rings is 1. The SMILES string of the molecule is CCNC(C)c1ccc(N(C)C(C)COC)c(F)c1. The molecule has 2 atom stereocenters. The average Bonchev–Trinajstić information content (AvgIpc) is 2.38. The molecule has 0 heterocycles. The zero-order valence-electron chi connectivity index (χ0n) is 12.5. The number of nitrogens with zero attached hydrogens (tertiary/aromatic N) is 1. The lowest BCUT2D eigenvalue weighted by atomic mass is 10.1. The van der Waals surface area contributed by atoms with Crippen LogP contribution in [0.4, 0.5) is 10.1 Å². The summed E-state index contributed by atoms with van der Waals surface area (Å²) in [5.74, 6) is -0.187. The summed E-state index contributed by atoms with van der Waals surface area (Å²) >= 11 is 0. The second kappa shape index (κ2) is 7.46. The second-order valence-corrected chi connectivity index (χ2v) is 4.91. The van der Waals surface area contributed by atoms with Crippen LogP contribution in [0.1, 0.15) is 32.4 Å². The number of hydrogen-bond acceptors (Lipinski definition) is 3. The molecular weight excluding hydrogens is 243 g/mol. The first kappa shape index (κ1) is 15.9. The van der Waals surface area contributed by atoms with Gasteiger partial charge in [-0.25, -0.2) is 4.39 Å². The van der Waals surface area contributed by atoms with E-state index in [1.165, 1.54) is 0 Å². The van der Waals surface area contributed by atoms with E-state index in [9.17, 15) is 4.39 Å². The minimum atomic E-state index is -0.187. The number of likely N-dealkylation sites (N-methyl/N-ethyl adjacent to an activating group) is 1. The Kier molecular flexibility index (Phi) is 6.25. The molecule has 1 rings (SSSR count). The van der Waals surface area contributed by atoms with Gasteiger partial charge in [0, 0.05) is 26.2 Å². The Morgan fingerprint density at radius 2 is 2.05 bits per heavy atom. The molecule has 2 unspecified atom stereocenters. The Balaban J connectivity index is 2.87. The topological polar surface area (TPSA) is 24.5 Å². The average molecular weight is 268 g/mol. The van der Waals surface area contributed by atoms with Gasteiger partial charge in [0.25, 0.3) is 0 Å². The maximum Gasteiger partial charge on any atom is 0.146 e. The smallest absolute Gasteiger partial charge is 0.146 e. The van der Waals surface area contributed by atoms with Gasteiger partial charge in [-0.1, -0.05) is 13.0 Å². The highest BCUT2D eigenvalue weighted by atomic mass is 19.1. The Bertz CT molecular complexity index is 398. The molecule has 4 heteroatoms. The highest BCUT2D eigenvalue weighted by molar-refractivity contribution is 5.49. The van der Waals surface area contributed by atoms with E-state index >= 15 is 0 Å². The van der Waals surface area contributed by atoms with E-state index < -0.39 is 0 Å². The first-order valence-electron chi connectivity index (χ1n) is 6.75. The molecule has 1 N–H and O–H groups in total. The van der Waals surface area contributed by atoms with Gasteiger partial charge in [-0.3, -0.25) is 0 Å². The fraction of sp³-hybridized carbons (Fsp3) is 0.600. The maximum absolute atomic E-state index is 14.2. The van der Waals surface area contributed by atoms with Crippen LogP contribution in [-0.4, -0.2) is 33.4 Å². The van der Waals surface area contributed by atoms with E-state index in [0.717, 1.165) is 12.1 Å². The van der Waals surface area contributed by atoms with Gasteiger partial charge < -0.3 is 15.0 Å². The molecule has 0 saturated heterocycles. The molecule has 3 nitrogen and oxygen atoms in total. The Morgan fingerprint density at radius 1 is 1.37 bits per heavy atom. The molecule has 0 fully saturated rings. The zero-order valence-corrected chi connectivity index (χ0v) is 12.5. The van der Waals surface area contributed by atoms with E-state index in [0.29, 0.717) is 12.3 Å². The van der Waals surface area contributed by atoms with Crippen LogP contribution in [0.15, 0.2) is 18.2 Å². The lowest BCUT2D eigenvalue weighted by Crippen LogP contribution is -2.33. The largest absolute Gasteiger partial charge is 0.383 e. The Hall–Kier alpha value is -1.13. The van der Waals surface area contributed by atoms with Crippen LogP contribution in [0.5, 0.6) is 0 Å². The molecule has 1 aromatic carbocycles. The van der Waals surface area contributed by atoms with E-state index in [1.54, 1.807) is 13.2 Å². The molecule has 0 spiro atoms. The normalized spacial score (nSPS) is 14.2. The number of nitrogens with one attached hydrogen (secondary N) is 1. The quantitative estimate of drug-likeness (QED) is 0.823. The highest BCUT2D eigenvalue weighted by Crippen LogP contribution is 2.24. The summed E-state index contributed by atoms with van der Waals surface area (Å²) in [6.07, 6.45) is 0. The summed E-state index contributed by atoms with van der Waals surface area (Å²) in [4.78, 5) is 1.90. The summed E-state index contributed by atoms with van der Waals surface area (Å²) in [5.41, 5.74) is 1.58. The van der Waals surface area contributed by atoms with Gasteiger partial charge in [-0.05, 0) is 38.1 Å². The highest BCUT2D eigenvalue weighted by Gasteiger charge is 2.15. The zero-order chi connectivity index (χ0) is 14.4. The van der Waals surface area contributed by atoms with E-state index in [1.807, 2.05) is 44.9 Å². The van der Waals surface area contributed by atoms with Crippen molar-refractivity contribution in [3.63, 3.8) is 0 Å². The van der Waals surface area contributed by atoms with Crippen LogP contribution < -0.4 is 10.2 Å². The second-order valence-electron chi connectivity index (χ2n) is 4.91. The van der Waals surface area contributed by atoms with Crippen LogP contribution in [0.3, 0.4) is 0 Å². The van der Waals surface area contributed by atoms with Gasteiger partial charge in [0.05, 0.1) is 12.3 Å². The molecular formula is C15H25FN2O. The fourth-order valence-corrected chi connectivity index (χ4v) is 2.09. The van der Waals surface area contributed by atoms with Crippen LogP contribution >= 0.6 is 0 Å². The van der Waals surface area contributed by atoms with Crippen molar-refractivity contribution in [1.29, 1.82) is 0 Å². The lowest BCUT2D eigenvalue weighted by Gasteiger charge is -2.27. The van der Waals surface area contributed by atoms with Gasteiger partial charge >= 0.3 is 0 Å². The van der Waals surface area contributed by atoms with Crippen molar-refractivity contribution in [3.8, 4) is 0 Å². The summed E-state index contributed by atoms with van der Waals surface area (Å²) in [7, 11) is 3.54. The van der Waals surface area contributed by atoms with Crippen LogP contribution in [0, 0.1) is 5.82 Å². The van der Waals surface area contributed by atoms with Crippen molar-refractivity contribution in [2.75, 3.05) is 32.2 Å². The third-order valence-electron chi connectivity index (χ3n) is 3.43. The van der Waals surface area contributed by atoms with Crippen molar-refractivity contribution in [1.82, 2.24) is 5.32 Å². The first-order valence-corrected chi connectivity index (χ1v) is 6.75. The minimum Gasteiger partial charge on any atom is -0.383 e. The number of methoxy groups -OCH3 is 1. The molecule has 0 aliphatic heterocycles. The molecule has 19 heavy (non-hydrogen) atoms. The number of halogens is 1. The molecule has 108 valence electrons. The van der Waals surface area contributed by atoms with Gasteiger partial charge in [-0.2, -0.15) is 0 Å². The third kappa shape index (κ3) is 4.18. The molecule has 0 aromatic heterocycles. The maximum atomic E-state index is 14.2. The van der Waals surface area contributed by atoms with Crippen molar-refractivity contribution in [3.05, 3.63) is 29.6 Å². The van der Waals surface area contributed by atoms with Crippen molar-refractivity contribution < 1.29 is 9.13 Å². The lowest BCUT2D eigenvalue weighted by molar-refractivity contribution is 0.183. The summed E-state index contributed by atoms with van der Waals surface area (Å²) < 4.78 is 19.3.